The minimum absolute atomic E-state index is 0.00837. The van der Waals surface area contributed by atoms with Crippen LogP contribution in [0, 0.1) is 18.3 Å². The number of nitrogens with zero attached hydrogens (tertiary/aromatic N) is 5. The van der Waals surface area contributed by atoms with Gasteiger partial charge in [-0.05, 0) is 23.6 Å². The molecule has 2 aromatic carbocycles. The largest absolute Gasteiger partial charge is 0.297 e. The second kappa shape index (κ2) is 9.90. The summed E-state index contributed by atoms with van der Waals surface area (Å²) in [4.78, 5) is 23.9. The molecule has 0 N–H and O–H groups in total. The van der Waals surface area contributed by atoms with Gasteiger partial charge in [-0.2, -0.15) is 5.26 Å². The number of aryl methyl sites for hydroxylation is 1. The lowest BCUT2D eigenvalue weighted by molar-refractivity contribution is 0.118. The minimum Gasteiger partial charge on any atom is -0.297 e. The number of rotatable bonds is 6. The van der Waals surface area contributed by atoms with Gasteiger partial charge in [-0.1, -0.05) is 54.6 Å². The molecule has 0 bridgehead atoms. The van der Waals surface area contributed by atoms with Crippen molar-refractivity contribution < 1.29 is 0 Å². The van der Waals surface area contributed by atoms with E-state index in [4.69, 9.17) is 4.98 Å². The maximum Gasteiger partial charge on any atom is 0.263 e. The normalized spacial score (nSPS) is 14.9. The summed E-state index contributed by atoms with van der Waals surface area (Å²) >= 11 is 1.49. The second-order valence-electron chi connectivity index (χ2n) is 8.75. The van der Waals surface area contributed by atoms with Crippen LogP contribution in [0.4, 0.5) is 0 Å². The van der Waals surface area contributed by atoms with E-state index in [9.17, 15) is 10.1 Å². The molecule has 1 aliphatic rings. The van der Waals surface area contributed by atoms with Crippen molar-refractivity contribution in [2.45, 2.75) is 26.6 Å². The highest BCUT2D eigenvalue weighted by atomic mass is 32.1. The SMILES string of the molecule is Cc1ccccc1CN1CCN(Cc2nc3scc(-c4ccccc4)c3c(=O)n2CC#N)CC1. The van der Waals surface area contributed by atoms with Crippen LogP contribution in [0.3, 0.4) is 0 Å². The molecule has 3 heterocycles. The lowest BCUT2D eigenvalue weighted by atomic mass is 10.1. The number of thiophene rings is 1. The molecule has 0 amide bonds. The first-order valence-corrected chi connectivity index (χ1v) is 12.4. The highest BCUT2D eigenvalue weighted by Crippen LogP contribution is 2.31. The first kappa shape index (κ1) is 22.5. The Morgan fingerprint density at radius 2 is 1.65 bits per heavy atom. The van der Waals surface area contributed by atoms with Crippen LogP contribution in [-0.2, 0) is 19.6 Å². The average molecular weight is 470 g/mol. The van der Waals surface area contributed by atoms with E-state index in [0.717, 1.165) is 48.7 Å². The van der Waals surface area contributed by atoms with Crippen molar-refractivity contribution >= 4 is 21.6 Å². The van der Waals surface area contributed by atoms with Crippen LogP contribution in [-0.4, -0.2) is 45.5 Å². The van der Waals surface area contributed by atoms with Crippen molar-refractivity contribution in [1.29, 1.82) is 5.26 Å². The molecule has 0 spiro atoms. The Balaban J connectivity index is 1.36. The summed E-state index contributed by atoms with van der Waals surface area (Å²) in [6.45, 7) is 7.46. The van der Waals surface area contributed by atoms with Gasteiger partial charge in [0.1, 0.15) is 17.2 Å². The number of fused-ring (bicyclic) bond motifs is 1. The fraction of sp³-hybridized carbons (Fsp3) is 0.296. The summed E-state index contributed by atoms with van der Waals surface area (Å²) in [5, 5.41) is 12.0. The first-order chi connectivity index (χ1) is 16.6. The number of aromatic nitrogens is 2. The van der Waals surface area contributed by atoms with Gasteiger partial charge in [0, 0.05) is 43.7 Å². The Bertz CT molecular complexity index is 1390. The molecule has 6 nitrogen and oxygen atoms in total. The third-order valence-electron chi connectivity index (χ3n) is 6.57. The summed E-state index contributed by atoms with van der Waals surface area (Å²) in [5.74, 6) is 0.674. The van der Waals surface area contributed by atoms with Crippen molar-refractivity contribution in [2.24, 2.45) is 0 Å². The summed E-state index contributed by atoms with van der Waals surface area (Å²) in [5.41, 5.74) is 4.46. The molecule has 0 unspecified atom stereocenters. The van der Waals surface area contributed by atoms with E-state index in [2.05, 4.69) is 47.1 Å². The number of hydrogen-bond acceptors (Lipinski definition) is 6. The van der Waals surface area contributed by atoms with Gasteiger partial charge in [-0.3, -0.25) is 19.2 Å². The van der Waals surface area contributed by atoms with E-state index in [-0.39, 0.29) is 12.1 Å². The Hall–Kier alpha value is -3.31. The van der Waals surface area contributed by atoms with Crippen molar-refractivity contribution in [3.8, 4) is 17.2 Å². The van der Waals surface area contributed by atoms with E-state index in [1.165, 1.54) is 22.5 Å². The van der Waals surface area contributed by atoms with E-state index in [1.807, 2.05) is 35.7 Å². The quantitative estimate of drug-likeness (QED) is 0.422. The van der Waals surface area contributed by atoms with Gasteiger partial charge in [-0.15, -0.1) is 11.3 Å². The van der Waals surface area contributed by atoms with Gasteiger partial charge in [0.25, 0.3) is 5.56 Å². The molecular formula is C27H27N5OS. The number of hydrogen-bond donors (Lipinski definition) is 0. The molecule has 0 radical (unpaired) electrons. The lowest BCUT2D eigenvalue weighted by Gasteiger charge is -2.35. The monoisotopic (exact) mass is 469 g/mol. The lowest BCUT2D eigenvalue weighted by Crippen LogP contribution is -2.46. The van der Waals surface area contributed by atoms with Gasteiger partial charge in [0.2, 0.25) is 0 Å². The minimum atomic E-state index is -0.125. The zero-order valence-electron chi connectivity index (χ0n) is 19.3. The summed E-state index contributed by atoms with van der Waals surface area (Å²) in [6.07, 6.45) is 0. The summed E-state index contributed by atoms with van der Waals surface area (Å²) in [6, 6.07) is 20.6. The molecule has 1 aliphatic heterocycles. The van der Waals surface area contributed by atoms with Gasteiger partial charge in [-0.25, -0.2) is 4.98 Å². The molecule has 4 aromatic rings. The van der Waals surface area contributed by atoms with Gasteiger partial charge >= 0.3 is 0 Å². The number of nitriles is 1. The van der Waals surface area contributed by atoms with Crippen LogP contribution in [0.15, 0.2) is 64.8 Å². The van der Waals surface area contributed by atoms with Crippen LogP contribution >= 0.6 is 11.3 Å². The van der Waals surface area contributed by atoms with Crippen molar-refractivity contribution in [3.05, 3.63) is 87.3 Å². The standard InChI is InChI=1S/C27H27N5OS/c1-20-7-5-6-10-22(20)17-30-13-15-31(16-14-30)18-24-29-26-25(27(33)32(24)12-11-28)23(19-34-26)21-8-3-2-4-9-21/h2-10,19H,12-18H2,1H3. The van der Waals surface area contributed by atoms with E-state index in [1.54, 1.807) is 4.57 Å². The fourth-order valence-electron chi connectivity index (χ4n) is 4.58. The van der Waals surface area contributed by atoms with Crippen molar-refractivity contribution in [2.75, 3.05) is 26.2 Å². The molecule has 0 saturated carbocycles. The zero-order valence-corrected chi connectivity index (χ0v) is 20.1. The summed E-state index contributed by atoms with van der Waals surface area (Å²) in [7, 11) is 0. The maximum absolute atomic E-state index is 13.5. The van der Waals surface area contributed by atoms with Crippen molar-refractivity contribution in [3.63, 3.8) is 0 Å². The molecule has 2 aromatic heterocycles. The summed E-state index contributed by atoms with van der Waals surface area (Å²) < 4.78 is 1.56. The number of piperazine rings is 1. The predicted molar refractivity (Wildman–Crippen MR) is 137 cm³/mol. The highest BCUT2D eigenvalue weighted by Gasteiger charge is 2.22. The average Bonchev–Trinajstić information content (AvgIpc) is 3.29. The Kier molecular flexibility index (Phi) is 6.54. The van der Waals surface area contributed by atoms with E-state index < -0.39 is 0 Å². The maximum atomic E-state index is 13.5. The smallest absolute Gasteiger partial charge is 0.263 e. The molecule has 34 heavy (non-hydrogen) atoms. The topological polar surface area (TPSA) is 65.2 Å². The van der Waals surface area contributed by atoms with Gasteiger partial charge < -0.3 is 0 Å². The van der Waals surface area contributed by atoms with Crippen LogP contribution < -0.4 is 5.56 Å². The molecule has 1 saturated heterocycles. The van der Waals surface area contributed by atoms with Crippen LogP contribution in [0.1, 0.15) is 17.0 Å². The second-order valence-corrected chi connectivity index (χ2v) is 9.61. The Morgan fingerprint density at radius 3 is 2.35 bits per heavy atom. The van der Waals surface area contributed by atoms with Crippen molar-refractivity contribution in [1.82, 2.24) is 19.4 Å². The molecule has 5 rings (SSSR count). The van der Waals surface area contributed by atoms with Gasteiger partial charge in [0.15, 0.2) is 0 Å². The number of benzene rings is 2. The third-order valence-corrected chi connectivity index (χ3v) is 7.44. The molecule has 0 atom stereocenters. The Morgan fingerprint density at radius 1 is 0.971 bits per heavy atom. The van der Waals surface area contributed by atoms with Crippen LogP contribution in [0.2, 0.25) is 0 Å². The van der Waals surface area contributed by atoms with E-state index in [0.29, 0.717) is 17.8 Å². The molecular weight excluding hydrogens is 442 g/mol. The fourth-order valence-corrected chi connectivity index (χ4v) is 5.54. The highest BCUT2D eigenvalue weighted by molar-refractivity contribution is 7.17. The zero-order chi connectivity index (χ0) is 23.5. The molecule has 172 valence electrons. The van der Waals surface area contributed by atoms with Crippen LogP contribution in [0.5, 0.6) is 0 Å². The predicted octanol–water partition coefficient (Wildman–Crippen LogP) is 4.27. The molecule has 1 fully saturated rings. The van der Waals surface area contributed by atoms with Gasteiger partial charge in [0.05, 0.1) is 18.0 Å². The van der Waals surface area contributed by atoms with E-state index >= 15 is 0 Å². The molecule has 7 heteroatoms. The van der Waals surface area contributed by atoms with Crippen LogP contribution in [0.25, 0.3) is 21.3 Å². The third kappa shape index (κ3) is 4.53. The Labute approximate surface area is 203 Å². The first-order valence-electron chi connectivity index (χ1n) is 11.6. The molecule has 0 aliphatic carbocycles.